The summed E-state index contributed by atoms with van der Waals surface area (Å²) in [4.78, 5) is 16.8. The maximum absolute atomic E-state index is 13.1. The van der Waals surface area contributed by atoms with E-state index in [0.717, 1.165) is 11.1 Å². The smallest absolute Gasteiger partial charge is 0.241 e. The maximum Gasteiger partial charge on any atom is 0.241 e. The van der Waals surface area contributed by atoms with Crippen molar-refractivity contribution < 1.29 is 13.2 Å². The van der Waals surface area contributed by atoms with Gasteiger partial charge in [0.25, 0.3) is 0 Å². The van der Waals surface area contributed by atoms with Crippen LogP contribution in [-0.2, 0) is 14.6 Å². The number of benzene rings is 2. The molecule has 0 spiro atoms. The zero-order valence-electron chi connectivity index (χ0n) is 15.9. The maximum atomic E-state index is 13.1. The first kappa shape index (κ1) is 19.4. The number of halogens is 1. The molecule has 4 rings (SSSR count). The number of piperazine rings is 1. The topological polar surface area (TPSA) is 57.7 Å². The zero-order valence-corrected chi connectivity index (χ0v) is 17.4. The van der Waals surface area contributed by atoms with Crippen molar-refractivity contribution in [2.75, 3.05) is 23.0 Å². The van der Waals surface area contributed by atoms with Crippen molar-refractivity contribution in [3.8, 4) is 0 Å². The number of nitrogens with zero attached hydrogens (tertiary/aromatic N) is 2. The molecule has 2 aromatic rings. The molecule has 148 valence electrons. The van der Waals surface area contributed by atoms with Crippen LogP contribution in [0.3, 0.4) is 0 Å². The van der Waals surface area contributed by atoms with Crippen LogP contribution in [0.2, 0.25) is 5.02 Å². The number of amides is 1. The van der Waals surface area contributed by atoms with Crippen molar-refractivity contribution in [1.82, 2.24) is 4.90 Å². The molecule has 0 bridgehead atoms. The van der Waals surface area contributed by atoms with Gasteiger partial charge in [0.2, 0.25) is 5.91 Å². The fraction of sp³-hybridized carbons (Fsp3) is 0.381. The van der Waals surface area contributed by atoms with Gasteiger partial charge in [0, 0.05) is 22.8 Å². The molecule has 0 saturated carbocycles. The highest BCUT2D eigenvalue weighted by Gasteiger charge is 2.50. The highest BCUT2D eigenvalue weighted by atomic mass is 35.5. The van der Waals surface area contributed by atoms with Crippen molar-refractivity contribution in [3.05, 3.63) is 64.7 Å². The Morgan fingerprint density at radius 1 is 1.07 bits per heavy atom. The number of carbonyl (C=O) groups is 1. The van der Waals surface area contributed by atoms with Gasteiger partial charge in [-0.1, -0.05) is 48.0 Å². The zero-order chi connectivity index (χ0) is 20.1. The second kappa shape index (κ2) is 7.17. The third-order valence-electron chi connectivity index (χ3n) is 5.85. The number of hydrogen-bond acceptors (Lipinski definition) is 4. The number of anilines is 1. The van der Waals surface area contributed by atoms with E-state index in [0.29, 0.717) is 10.7 Å². The summed E-state index contributed by atoms with van der Waals surface area (Å²) in [6, 6.07) is 14.7. The van der Waals surface area contributed by atoms with Crippen molar-refractivity contribution in [2.45, 2.75) is 32.0 Å². The minimum atomic E-state index is -3.23. The molecule has 1 unspecified atom stereocenters. The summed E-state index contributed by atoms with van der Waals surface area (Å²) >= 11 is 6.27. The Morgan fingerprint density at radius 2 is 1.75 bits per heavy atom. The predicted octanol–water partition coefficient (Wildman–Crippen LogP) is 3.22. The van der Waals surface area contributed by atoms with E-state index in [9.17, 15) is 13.2 Å². The van der Waals surface area contributed by atoms with E-state index in [1.807, 2.05) is 61.2 Å². The molecule has 0 aliphatic carbocycles. The van der Waals surface area contributed by atoms with Gasteiger partial charge in [-0.05, 0) is 37.1 Å². The molecule has 28 heavy (non-hydrogen) atoms. The molecule has 2 heterocycles. The van der Waals surface area contributed by atoms with Crippen LogP contribution in [0.5, 0.6) is 0 Å². The van der Waals surface area contributed by atoms with Gasteiger partial charge in [-0.3, -0.25) is 9.69 Å². The van der Waals surface area contributed by atoms with E-state index in [1.54, 1.807) is 11.0 Å². The molecule has 0 aromatic heterocycles. The average molecular weight is 419 g/mol. The number of rotatable bonds is 3. The SMILES string of the molecule is Cc1ccc(N2C(=O)CN(C(C)c3ccccc3)[C@H]3CS(=O)(=O)C[C@H]32)cc1Cl. The molecule has 7 heteroatoms. The Hall–Kier alpha value is -1.89. The predicted molar refractivity (Wildman–Crippen MR) is 111 cm³/mol. The molecule has 2 aromatic carbocycles. The lowest BCUT2D eigenvalue weighted by Crippen LogP contribution is -2.62. The van der Waals surface area contributed by atoms with Gasteiger partial charge in [-0.25, -0.2) is 8.42 Å². The molecule has 2 aliphatic heterocycles. The summed E-state index contributed by atoms with van der Waals surface area (Å²) in [6.07, 6.45) is 0. The normalized spacial score (nSPS) is 25.5. The van der Waals surface area contributed by atoms with Gasteiger partial charge in [-0.15, -0.1) is 0 Å². The lowest BCUT2D eigenvalue weighted by molar-refractivity contribution is -0.124. The van der Waals surface area contributed by atoms with Gasteiger partial charge < -0.3 is 4.90 Å². The Balaban J connectivity index is 1.72. The van der Waals surface area contributed by atoms with Gasteiger partial charge in [-0.2, -0.15) is 0 Å². The third-order valence-corrected chi connectivity index (χ3v) is 7.96. The molecule has 2 fully saturated rings. The average Bonchev–Trinajstić information content (AvgIpc) is 2.98. The second-order valence-corrected chi connectivity index (χ2v) is 10.2. The van der Waals surface area contributed by atoms with Crippen LogP contribution in [0.15, 0.2) is 48.5 Å². The van der Waals surface area contributed by atoms with Gasteiger partial charge in [0.05, 0.1) is 24.1 Å². The van der Waals surface area contributed by atoms with Crippen molar-refractivity contribution in [3.63, 3.8) is 0 Å². The lowest BCUT2D eigenvalue weighted by Gasteiger charge is -2.46. The van der Waals surface area contributed by atoms with Crippen LogP contribution in [0, 0.1) is 6.92 Å². The Labute approximate surface area is 170 Å². The molecule has 2 saturated heterocycles. The van der Waals surface area contributed by atoms with Crippen LogP contribution in [0.4, 0.5) is 5.69 Å². The first-order valence-corrected chi connectivity index (χ1v) is 11.6. The van der Waals surface area contributed by atoms with E-state index in [1.165, 1.54) is 0 Å². The highest BCUT2D eigenvalue weighted by Crippen LogP contribution is 2.37. The van der Waals surface area contributed by atoms with Crippen molar-refractivity contribution in [1.29, 1.82) is 0 Å². The fourth-order valence-electron chi connectivity index (χ4n) is 4.32. The summed E-state index contributed by atoms with van der Waals surface area (Å²) in [5, 5.41) is 0.572. The van der Waals surface area contributed by atoms with Gasteiger partial charge in [0.15, 0.2) is 9.84 Å². The van der Waals surface area contributed by atoms with E-state index in [2.05, 4.69) is 0 Å². The molecular weight excluding hydrogens is 396 g/mol. The molecule has 3 atom stereocenters. The van der Waals surface area contributed by atoms with E-state index < -0.39 is 15.9 Å². The number of fused-ring (bicyclic) bond motifs is 1. The largest absolute Gasteiger partial charge is 0.306 e. The molecular formula is C21H23ClN2O3S. The van der Waals surface area contributed by atoms with Gasteiger partial charge in [0.1, 0.15) is 0 Å². The molecule has 0 N–H and O–H groups in total. The lowest BCUT2D eigenvalue weighted by atomic mass is 9.98. The van der Waals surface area contributed by atoms with Crippen molar-refractivity contribution >= 4 is 33.0 Å². The number of aryl methyl sites for hydroxylation is 1. The second-order valence-electron chi connectivity index (χ2n) is 7.67. The number of carbonyl (C=O) groups excluding carboxylic acids is 1. The van der Waals surface area contributed by atoms with Crippen LogP contribution in [0.1, 0.15) is 24.1 Å². The minimum absolute atomic E-state index is 0.0209. The molecule has 2 aliphatic rings. The Morgan fingerprint density at radius 3 is 2.43 bits per heavy atom. The quantitative estimate of drug-likeness (QED) is 0.767. The first-order valence-electron chi connectivity index (χ1n) is 9.36. The summed E-state index contributed by atoms with van der Waals surface area (Å²) < 4.78 is 25.0. The summed E-state index contributed by atoms with van der Waals surface area (Å²) in [6.45, 7) is 4.11. The Bertz CT molecular complexity index is 1010. The number of hydrogen-bond donors (Lipinski definition) is 0. The van der Waals surface area contributed by atoms with E-state index in [-0.39, 0.29) is 36.0 Å². The first-order chi connectivity index (χ1) is 13.3. The highest BCUT2D eigenvalue weighted by molar-refractivity contribution is 7.91. The summed E-state index contributed by atoms with van der Waals surface area (Å²) in [5.74, 6) is -0.0495. The molecule has 0 radical (unpaired) electrons. The minimum Gasteiger partial charge on any atom is -0.306 e. The van der Waals surface area contributed by atoms with Crippen LogP contribution >= 0.6 is 11.6 Å². The van der Waals surface area contributed by atoms with E-state index >= 15 is 0 Å². The fourth-order valence-corrected chi connectivity index (χ4v) is 6.46. The van der Waals surface area contributed by atoms with Crippen LogP contribution < -0.4 is 4.90 Å². The van der Waals surface area contributed by atoms with E-state index in [4.69, 9.17) is 11.6 Å². The number of sulfone groups is 1. The molecule has 1 amide bonds. The molecule has 5 nitrogen and oxygen atoms in total. The van der Waals surface area contributed by atoms with Crippen LogP contribution in [-0.4, -0.2) is 49.4 Å². The third kappa shape index (κ3) is 3.45. The van der Waals surface area contributed by atoms with Crippen molar-refractivity contribution in [2.24, 2.45) is 0 Å². The standard InChI is InChI=1S/C21H23ClN2O3S/c1-14-8-9-17(10-18(14)22)24-20-13-28(26,27)12-19(20)23(11-21(24)25)15(2)16-6-4-3-5-7-16/h3-10,15,19-20H,11-13H2,1-2H3/t15?,19-,20+/m0/s1. The van der Waals surface area contributed by atoms with Crippen LogP contribution in [0.25, 0.3) is 0 Å². The summed E-state index contributed by atoms with van der Waals surface area (Å²) in [5.41, 5.74) is 2.66. The Kier molecular flexibility index (Phi) is 4.98. The monoisotopic (exact) mass is 418 g/mol. The van der Waals surface area contributed by atoms with Gasteiger partial charge >= 0.3 is 0 Å². The summed E-state index contributed by atoms with van der Waals surface area (Å²) in [7, 11) is -3.23.